The number of aliphatic hydroxyl groups is 1. The molecule has 1 aromatic carbocycles. The van der Waals surface area contributed by atoms with Crippen molar-refractivity contribution in [3.05, 3.63) is 29.8 Å². The highest BCUT2D eigenvalue weighted by Crippen LogP contribution is 2.41. The number of nitrogens with zero attached hydrogens (tertiary/aromatic N) is 1. The summed E-state index contributed by atoms with van der Waals surface area (Å²) in [4.78, 5) is 2.21. The summed E-state index contributed by atoms with van der Waals surface area (Å²) in [7, 11) is 0. The highest BCUT2D eigenvalue weighted by atomic mass is 19.4. The summed E-state index contributed by atoms with van der Waals surface area (Å²) in [5.74, 6) is -0.498. The normalized spacial score (nSPS) is 25.2. The van der Waals surface area contributed by atoms with Crippen LogP contribution in [0.15, 0.2) is 24.3 Å². The lowest BCUT2D eigenvalue weighted by atomic mass is 9.72. The molecule has 2 atom stereocenters. The molecule has 3 rings (SSSR count). The van der Waals surface area contributed by atoms with Crippen LogP contribution in [0.25, 0.3) is 0 Å². The van der Waals surface area contributed by atoms with Gasteiger partial charge >= 0.3 is 6.36 Å². The monoisotopic (exact) mass is 372 g/mol. The average molecular weight is 372 g/mol. The minimum Gasteiger partial charge on any atom is -0.406 e. The van der Waals surface area contributed by atoms with Crippen LogP contribution in [0, 0.1) is 0 Å². The molecule has 0 bridgehead atoms. The van der Waals surface area contributed by atoms with E-state index in [0.29, 0.717) is 24.9 Å². The zero-order chi connectivity index (χ0) is 18.8. The quantitative estimate of drug-likeness (QED) is 0.832. The number of likely N-dealkylation sites (tertiary alicyclic amines) is 1. The Morgan fingerprint density at radius 2 is 2.00 bits per heavy atom. The van der Waals surface area contributed by atoms with Crippen molar-refractivity contribution in [3.8, 4) is 5.75 Å². The van der Waals surface area contributed by atoms with Gasteiger partial charge in [0.05, 0.1) is 5.60 Å². The molecule has 0 spiro atoms. The predicted octanol–water partition coefficient (Wildman–Crippen LogP) is 3.40. The molecule has 2 fully saturated rings. The van der Waals surface area contributed by atoms with Crippen LogP contribution in [-0.4, -0.2) is 47.6 Å². The number of benzene rings is 1. The summed E-state index contributed by atoms with van der Waals surface area (Å²) < 4.78 is 41.8. The molecule has 0 aromatic heterocycles. The van der Waals surface area contributed by atoms with Crippen molar-refractivity contribution in [2.24, 2.45) is 5.73 Å². The number of hydrogen-bond acceptors (Lipinski definition) is 4. The Balaban J connectivity index is 1.86. The molecule has 1 saturated carbocycles. The van der Waals surface area contributed by atoms with E-state index in [9.17, 15) is 18.3 Å². The molecule has 0 amide bonds. The second-order valence-corrected chi connectivity index (χ2v) is 7.65. The highest BCUT2D eigenvalue weighted by molar-refractivity contribution is 5.33. The first kappa shape index (κ1) is 19.5. The summed E-state index contributed by atoms with van der Waals surface area (Å²) in [6, 6.07) is 6.18. The van der Waals surface area contributed by atoms with Crippen LogP contribution in [0.5, 0.6) is 5.75 Å². The van der Waals surface area contributed by atoms with Gasteiger partial charge in [0.2, 0.25) is 0 Å². The number of halogens is 3. The molecule has 146 valence electrons. The lowest BCUT2D eigenvalue weighted by Gasteiger charge is -2.41. The molecule has 3 N–H and O–H groups in total. The van der Waals surface area contributed by atoms with E-state index in [0.717, 1.165) is 38.8 Å². The Labute approximate surface area is 152 Å². The van der Waals surface area contributed by atoms with Crippen LogP contribution in [0.1, 0.15) is 50.0 Å². The maximum absolute atomic E-state index is 12.6. The van der Waals surface area contributed by atoms with Gasteiger partial charge in [-0.3, -0.25) is 0 Å². The molecule has 7 heteroatoms. The smallest absolute Gasteiger partial charge is 0.406 e. The standard InChI is InChI=1S/C19H27F3N2O2/c20-19(21,22)26-16-6-4-5-14(11-16)17(13-24-10-7-15(23)12-24)18(25)8-2-1-3-9-18/h4-6,11,15,17,25H,1-3,7-10,12-13,23H2/t15-,17?/m1/s1. The molecule has 0 radical (unpaired) electrons. The van der Waals surface area contributed by atoms with Crippen molar-refractivity contribution < 1.29 is 23.0 Å². The number of alkyl halides is 3. The van der Waals surface area contributed by atoms with E-state index in [1.165, 1.54) is 12.1 Å². The van der Waals surface area contributed by atoms with Gasteiger partial charge in [0.1, 0.15) is 5.75 Å². The van der Waals surface area contributed by atoms with Crippen molar-refractivity contribution in [2.45, 2.75) is 62.4 Å². The fourth-order valence-electron chi connectivity index (χ4n) is 4.31. The summed E-state index contributed by atoms with van der Waals surface area (Å²) in [5.41, 5.74) is 5.79. The fourth-order valence-corrected chi connectivity index (χ4v) is 4.31. The molecular formula is C19H27F3N2O2. The van der Waals surface area contributed by atoms with Crippen molar-refractivity contribution >= 4 is 0 Å². The molecule has 1 aliphatic carbocycles. The van der Waals surface area contributed by atoms with Crippen molar-refractivity contribution in [2.75, 3.05) is 19.6 Å². The van der Waals surface area contributed by atoms with Crippen LogP contribution in [0.4, 0.5) is 13.2 Å². The van der Waals surface area contributed by atoms with E-state index in [1.807, 2.05) is 0 Å². The van der Waals surface area contributed by atoms with Crippen molar-refractivity contribution in [3.63, 3.8) is 0 Å². The lowest BCUT2D eigenvalue weighted by molar-refractivity contribution is -0.274. The number of nitrogens with two attached hydrogens (primary N) is 1. The highest BCUT2D eigenvalue weighted by Gasteiger charge is 2.40. The first-order chi connectivity index (χ1) is 12.3. The summed E-state index contributed by atoms with van der Waals surface area (Å²) in [6.07, 6.45) is 0.473. The maximum atomic E-state index is 12.6. The zero-order valence-electron chi connectivity index (χ0n) is 14.8. The summed E-state index contributed by atoms with van der Waals surface area (Å²) in [5, 5.41) is 11.3. The van der Waals surface area contributed by atoms with Crippen LogP contribution in [-0.2, 0) is 0 Å². The fraction of sp³-hybridized carbons (Fsp3) is 0.684. The Hall–Kier alpha value is -1.31. The third kappa shape index (κ3) is 4.90. The molecule has 26 heavy (non-hydrogen) atoms. The van der Waals surface area contributed by atoms with Crippen LogP contribution < -0.4 is 10.5 Å². The molecule has 1 aromatic rings. The second kappa shape index (κ2) is 7.74. The Morgan fingerprint density at radius 1 is 1.27 bits per heavy atom. The van der Waals surface area contributed by atoms with Gasteiger partial charge in [0.15, 0.2) is 0 Å². The van der Waals surface area contributed by atoms with Gasteiger partial charge in [-0.15, -0.1) is 13.2 Å². The van der Waals surface area contributed by atoms with E-state index in [2.05, 4.69) is 9.64 Å². The number of rotatable bonds is 5. The van der Waals surface area contributed by atoms with Gasteiger partial charge in [0, 0.05) is 25.0 Å². The van der Waals surface area contributed by atoms with Gasteiger partial charge in [-0.25, -0.2) is 0 Å². The SMILES string of the molecule is N[C@@H]1CCN(CC(c2cccc(OC(F)(F)F)c2)C2(O)CCCCC2)C1. The summed E-state index contributed by atoms with van der Waals surface area (Å²) in [6.45, 7) is 2.21. The molecule has 1 heterocycles. The van der Waals surface area contributed by atoms with Crippen LogP contribution in [0.3, 0.4) is 0 Å². The number of ether oxygens (including phenoxy) is 1. The molecule has 4 nitrogen and oxygen atoms in total. The van der Waals surface area contributed by atoms with E-state index < -0.39 is 12.0 Å². The van der Waals surface area contributed by atoms with Crippen molar-refractivity contribution in [1.29, 1.82) is 0 Å². The van der Waals surface area contributed by atoms with Crippen LogP contribution in [0.2, 0.25) is 0 Å². The minimum atomic E-state index is -4.72. The third-order valence-corrected chi connectivity index (χ3v) is 5.61. The first-order valence-electron chi connectivity index (χ1n) is 9.31. The van der Waals surface area contributed by atoms with E-state index in [-0.39, 0.29) is 17.7 Å². The van der Waals surface area contributed by atoms with Crippen LogP contribution >= 0.6 is 0 Å². The maximum Gasteiger partial charge on any atom is 0.573 e. The predicted molar refractivity (Wildman–Crippen MR) is 92.9 cm³/mol. The average Bonchev–Trinajstić information content (AvgIpc) is 2.97. The number of hydrogen-bond donors (Lipinski definition) is 2. The summed E-state index contributed by atoms with van der Waals surface area (Å²) >= 11 is 0. The van der Waals surface area contributed by atoms with Gasteiger partial charge in [-0.05, 0) is 43.5 Å². The van der Waals surface area contributed by atoms with E-state index in [1.54, 1.807) is 12.1 Å². The second-order valence-electron chi connectivity index (χ2n) is 7.65. The molecule has 1 aliphatic heterocycles. The van der Waals surface area contributed by atoms with Gasteiger partial charge in [-0.2, -0.15) is 0 Å². The third-order valence-electron chi connectivity index (χ3n) is 5.61. The Bertz CT molecular complexity index is 603. The molecule has 2 aliphatic rings. The van der Waals surface area contributed by atoms with E-state index >= 15 is 0 Å². The molecular weight excluding hydrogens is 345 g/mol. The lowest BCUT2D eigenvalue weighted by Crippen LogP contribution is -2.44. The Morgan fingerprint density at radius 3 is 2.62 bits per heavy atom. The molecule has 1 saturated heterocycles. The van der Waals surface area contributed by atoms with E-state index in [4.69, 9.17) is 5.73 Å². The Kier molecular flexibility index (Phi) is 5.79. The van der Waals surface area contributed by atoms with Gasteiger partial charge < -0.3 is 20.5 Å². The van der Waals surface area contributed by atoms with Crippen molar-refractivity contribution in [1.82, 2.24) is 4.90 Å². The van der Waals surface area contributed by atoms with Gasteiger partial charge in [0.25, 0.3) is 0 Å². The first-order valence-corrected chi connectivity index (χ1v) is 9.31. The zero-order valence-corrected chi connectivity index (χ0v) is 14.8. The minimum absolute atomic E-state index is 0.122. The molecule has 1 unspecified atom stereocenters. The van der Waals surface area contributed by atoms with Gasteiger partial charge in [-0.1, -0.05) is 31.4 Å². The largest absolute Gasteiger partial charge is 0.573 e. The topological polar surface area (TPSA) is 58.7 Å².